The van der Waals surface area contributed by atoms with Crippen molar-refractivity contribution >= 4 is 27.4 Å². The number of nitrogens with one attached hydrogen (secondary N) is 1. The van der Waals surface area contributed by atoms with Crippen LogP contribution in [0.1, 0.15) is 5.56 Å². The molecule has 7 nitrogen and oxygen atoms in total. The SMILES string of the molecule is NNc1ncccc1COc1cc([N+](=O)[O-])ccc1Br. The molecule has 0 spiro atoms. The van der Waals surface area contributed by atoms with E-state index in [1.807, 2.05) is 0 Å². The number of nitro benzene ring substituents is 1. The van der Waals surface area contributed by atoms with E-state index in [4.69, 9.17) is 10.6 Å². The van der Waals surface area contributed by atoms with Gasteiger partial charge < -0.3 is 10.2 Å². The van der Waals surface area contributed by atoms with Crippen LogP contribution in [0, 0.1) is 10.1 Å². The Labute approximate surface area is 123 Å². The second kappa shape index (κ2) is 6.31. The van der Waals surface area contributed by atoms with Gasteiger partial charge in [-0.1, -0.05) is 6.07 Å². The van der Waals surface area contributed by atoms with Gasteiger partial charge in [-0.05, 0) is 28.1 Å². The summed E-state index contributed by atoms with van der Waals surface area (Å²) in [7, 11) is 0. The third-order valence-electron chi connectivity index (χ3n) is 2.54. The zero-order valence-electron chi connectivity index (χ0n) is 10.2. The Balaban J connectivity index is 2.18. The lowest BCUT2D eigenvalue weighted by atomic mass is 10.2. The molecule has 0 amide bonds. The number of pyridine rings is 1. The van der Waals surface area contributed by atoms with Gasteiger partial charge in [0.15, 0.2) is 0 Å². The summed E-state index contributed by atoms with van der Waals surface area (Å²) >= 11 is 3.29. The van der Waals surface area contributed by atoms with Crippen LogP contribution in [-0.2, 0) is 6.61 Å². The lowest BCUT2D eigenvalue weighted by molar-refractivity contribution is -0.385. The molecular weight excluding hydrogens is 328 g/mol. The van der Waals surface area contributed by atoms with Crippen LogP contribution in [0.4, 0.5) is 11.5 Å². The normalized spacial score (nSPS) is 10.1. The minimum Gasteiger partial charge on any atom is -0.487 e. The van der Waals surface area contributed by atoms with Crippen LogP contribution < -0.4 is 16.0 Å². The van der Waals surface area contributed by atoms with Gasteiger partial charge in [-0.2, -0.15) is 0 Å². The van der Waals surface area contributed by atoms with Crippen LogP contribution in [-0.4, -0.2) is 9.91 Å². The predicted molar refractivity (Wildman–Crippen MR) is 77.2 cm³/mol. The van der Waals surface area contributed by atoms with E-state index in [0.717, 1.165) is 5.56 Å². The monoisotopic (exact) mass is 338 g/mol. The molecule has 104 valence electrons. The number of aromatic nitrogens is 1. The molecule has 3 N–H and O–H groups in total. The second-order valence-electron chi connectivity index (χ2n) is 3.82. The maximum absolute atomic E-state index is 10.7. The molecule has 0 bridgehead atoms. The number of benzene rings is 1. The summed E-state index contributed by atoms with van der Waals surface area (Å²) in [6, 6.07) is 7.87. The number of non-ortho nitro benzene ring substituents is 1. The van der Waals surface area contributed by atoms with E-state index in [1.54, 1.807) is 24.4 Å². The number of nitrogens with zero attached hydrogens (tertiary/aromatic N) is 2. The van der Waals surface area contributed by atoms with Crippen LogP contribution in [0.15, 0.2) is 41.0 Å². The molecule has 0 aliphatic carbocycles. The fraction of sp³-hybridized carbons (Fsp3) is 0.0833. The third-order valence-corrected chi connectivity index (χ3v) is 3.19. The average Bonchev–Trinajstić information content (AvgIpc) is 2.46. The molecule has 1 heterocycles. The standard InChI is InChI=1S/C12H11BrN4O3/c13-10-4-3-9(17(18)19)6-11(10)20-7-8-2-1-5-15-12(8)16-14/h1-6H,7,14H2,(H,15,16). The quantitative estimate of drug-likeness (QED) is 0.493. The summed E-state index contributed by atoms with van der Waals surface area (Å²) in [6.07, 6.45) is 1.60. The van der Waals surface area contributed by atoms with Crippen molar-refractivity contribution in [3.63, 3.8) is 0 Å². The van der Waals surface area contributed by atoms with Crippen LogP contribution >= 0.6 is 15.9 Å². The third kappa shape index (κ3) is 3.22. The molecule has 0 saturated heterocycles. The number of ether oxygens (including phenoxy) is 1. The Hall–Kier alpha value is -2.19. The van der Waals surface area contributed by atoms with Gasteiger partial charge in [0, 0.05) is 17.8 Å². The Morgan fingerprint density at radius 2 is 2.25 bits per heavy atom. The summed E-state index contributed by atoms with van der Waals surface area (Å²) in [5, 5.41) is 10.7. The first-order valence-corrected chi connectivity index (χ1v) is 6.38. The van der Waals surface area contributed by atoms with Gasteiger partial charge >= 0.3 is 0 Å². The van der Waals surface area contributed by atoms with E-state index >= 15 is 0 Å². The Morgan fingerprint density at radius 1 is 1.45 bits per heavy atom. The van der Waals surface area contributed by atoms with Gasteiger partial charge in [-0.3, -0.25) is 10.1 Å². The van der Waals surface area contributed by atoms with Crippen molar-refractivity contribution in [3.8, 4) is 5.75 Å². The molecule has 0 fully saturated rings. The van der Waals surface area contributed by atoms with Crippen molar-refractivity contribution in [2.45, 2.75) is 6.61 Å². The highest BCUT2D eigenvalue weighted by molar-refractivity contribution is 9.10. The van der Waals surface area contributed by atoms with Crippen molar-refractivity contribution < 1.29 is 9.66 Å². The van der Waals surface area contributed by atoms with Crippen LogP contribution in [0.2, 0.25) is 0 Å². The molecule has 0 atom stereocenters. The fourth-order valence-corrected chi connectivity index (χ4v) is 1.92. The number of nitrogens with two attached hydrogens (primary N) is 1. The summed E-state index contributed by atoms with van der Waals surface area (Å²) in [5.74, 6) is 6.22. The summed E-state index contributed by atoms with van der Waals surface area (Å²) in [4.78, 5) is 14.3. The topological polar surface area (TPSA) is 103 Å². The molecule has 0 radical (unpaired) electrons. The molecule has 0 aliphatic heterocycles. The molecular formula is C12H11BrN4O3. The van der Waals surface area contributed by atoms with Crippen molar-refractivity contribution in [1.82, 2.24) is 4.98 Å². The number of anilines is 1. The molecule has 20 heavy (non-hydrogen) atoms. The van der Waals surface area contributed by atoms with E-state index < -0.39 is 4.92 Å². The number of rotatable bonds is 5. The van der Waals surface area contributed by atoms with Gasteiger partial charge in [-0.15, -0.1) is 0 Å². The maximum atomic E-state index is 10.7. The Kier molecular flexibility index (Phi) is 4.49. The van der Waals surface area contributed by atoms with Crippen LogP contribution in [0.5, 0.6) is 5.75 Å². The van der Waals surface area contributed by atoms with Crippen molar-refractivity contribution in [1.29, 1.82) is 0 Å². The number of hydrogen-bond donors (Lipinski definition) is 2. The molecule has 0 saturated carbocycles. The number of hydrogen-bond acceptors (Lipinski definition) is 6. The fourth-order valence-electron chi connectivity index (χ4n) is 1.56. The molecule has 8 heteroatoms. The first-order valence-electron chi connectivity index (χ1n) is 5.59. The van der Waals surface area contributed by atoms with Gasteiger partial charge in [0.2, 0.25) is 0 Å². The highest BCUT2D eigenvalue weighted by Crippen LogP contribution is 2.30. The number of hydrazine groups is 1. The average molecular weight is 339 g/mol. The largest absolute Gasteiger partial charge is 0.487 e. The molecule has 1 aromatic heterocycles. The van der Waals surface area contributed by atoms with E-state index in [0.29, 0.717) is 16.0 Å². The molecule has 2 rings (SSSR count). The minimum atomic E-state index is -0.476. The number of nitrogen functional groups attached to an aromatic ring is 1. The van der Waals surface area contributed by atoms with E-state index in [2.05, 4.69) is 26.3 Å². The smallest absolute Gasteiger partial charge is 0.273 e. The second-order valence-corrected chi connectivity index (χ2v) is 4.67. The minimum absolute atomic E-state index is 0.0356. The number of nitro groups is 1. The summed E-state index contributed by atoms with van der Waals surface area (Å²) in [6.45, 7) is 0.188. The van der Waals surface area contributed by atoms with Gasteiger partial charge in [0.25, 0.3) is 5.69 Å². The Morgan fingerprint density at radius 3 is 2.95 bits per heavy atom. The van der Waals surface area contributed by atoms with Crippen molar-refractivity contribution in [2.75, 3.05) is 5.43 Å². The zero-order valence-corrected chi connectivity index (χ0v) is 11.8. The van der Waals surface area contributed by atoms with Gasteiger partial charge in [0.1, 0.15) is 18.2 Å². The molecule has 1 aromatic carbocycles. The molecule has 0 unspecified atom stereocenters. The first-order chi connectivity index (χ1) is 9.61. The van der Waals surface area contributed by atoms with Gasteiger partial charge in [0.05, 0.1) is 15.5 Å². The molecule has 2 aromatic rings. The number of halogens is 1. The van der Waals surface area contributed by atoms with Crippen molar-refractivity contribution in [2.24, 2.45) is 5.84 Å². The zero-order chi connectivity index (χ0) is 14.5. The van der Waals surface area contributed by atoms with E-state index in [9.17, 15) is 10.1 Å². The van der Waals surface area contributed by atoms with E-state index in [-0.39, 0.29) is 12.3 Å². The maximum Gasteiger partial charge on any atom is 0.273 e. The summed E-state index contributed by atoms with van der Waals surface area (Å²) in [5.41, 5.74) is 3.17. The van der Waals surface area contributed by atoms with E-state index in [1.165, 1.54) is 12.1 Å². The van der Waals surface area contributed by atoms with Crippen LogP contribution in [0.3, 0.4) is 0 Å². The Bertz CT molecular complexity index is 636. The van der Waals surface area contributed by atoms with Crippen molar-refractivity contribution in [3.05, 3.63) is 56.7 Å². The van der Waals surface area contributed by atoms with Gasteiger partial charge in [-0.25, -0.2) is 10.8 Å². The predicted octanol–water partition coefficient (Wildman–Crippen LogP) is 2.62. The summed E-state index contributed by atoms with van der Waals surface area (Å²) < 4.78 is 6.20. The van der Waals surface area contributed by atoms with Crippen LogP contribution in [0.25, 0.3) is 0 Å². The lowest BCUT2D eigenvalue weighted by Gasteiger charge is -2.10. The highest BCUT2D eigenvalue weighted by Gasteiger charge is 2.11. The lowest BCUT2D eigenvalue weighted by Crippen LogP contribution is -2.12. The first kappa shape index (κ1) is 14.2. The highest BCUT2D eigenvalue weighted by atomic mass is 79.9. The molecule has 0 aliphatic rings.